The van der Waals surface area contributed by atoms with Crippen LogP contribution in [0.5, 0.6) is 0 Å². The Hall–Kier alpha value is -3.17. The molecule has 10 heteroatoms. The van der Waals surface area contributed by atoms with Crippen molar-refractivity contribution in [1.29, 1.82) is 0 Å². The number of aromatic nitrogens is 2. The number of benzene rings is 1. The van der Waals surface area contributed by atoms with E-state index >= 15 is 0 Å². The highest BCUT2D eigenvalue weighted by Gasteiger charge is 2.27. The minimum atomic E-state index is -0.737. The van der Waals surface area contributed by atoms with Gasteiger partial charge in [-0.1, -0.05) is 23.7 Å². The predicted octanol–water partition coefficient (Wildman–Crippen LogP) is 4.13. The summed E-state index contributed by atoms with van der Waals surface area (Å²) in [7, 11) is 0. The first kappa shape index (κ1) is 23.0. The average Bonchev–Trinajstić information content (AvgIpc) is 2.77. The molecule has 172 valence electrons. The average molecular weight is 476 g/mol. The van der Waals surface area contributed by atoms with Crippen LogP contribution in [-0.4, -0.2) is 41.6 Å². The monoisotopic (exact) mass is 475 g/mol. The fourth-order valence-electron chi connectivity index (χ4n) is 3.48. The maximum Gasteiger partial charge on any atom is 0.261 e. The zero-order valence-electron chi connectivity index (χ0n) is 17.7. The van der Waals surface area contributed by atoms with Gasteiger partial charge >= 0.3 is 0 Å². The summed E-state index contributed by atoms with van der Waals surface area (Å²) in [4.78, 5) is 22.5. The number of rotatable bonds is 7. The van der Waals surface area contributed by atoms with Crippen LogP contribution in [-0.2, 0) is 6.42 Å². The topological polar surface area (TPSA) is 70.2 Å². The fourth-order valence-corrected chi connectivity index (χ4v) is 3.67. The minimum Gasteiger partial charge on any atom is -0.362 e. The third-order valence-electron chi connectivity index (χ3n) is 5.49. The zero-order chi connectivity index (χ0) is 23.5. The highest BCUT2D eigenvalue weighted by molar-refractivity contribution is 6.30. The number of hydrogen-bond donors (Lipinski definition) is 2. The van der Waals surface area contributed by atoms with Gasteiger partial charge in [0, 0.05) is 37.6 Å². The Bertz CT molecular complexity index is 1190. The van der Waals surface area contributed by atoms with Crippen molar-refractivity contribution in [2.45, 2.75) is 19.4 Å². The number of nitrogens with one attached hydrogen (secondary N) is 2. The van der Waals surface area contributed by atoms with Crippen molar-refractivity contribution in [3.8, 4) is 0 Å². The number of halogens is 4. The first-order valence-electron chi connectivity index (χ1n) is 10.3. The van der Waals surface area contributed by atoms with Crippen LogP contribution in [0.15, 0.2) is 42.7 Å². The van der Waals surface area contributed by atoms with Gasteiger partial charge in [0.1, 0.15) is 5.82 Å². The van der Waals surface area contributed by atoms with Gasteiger partial charge in [-0.2, -0.15) is 0 Å². The Morgan fingerprint density at radius 1 is 1.18 bits per heavy atom. The number of anilines is 2. The summed E-state index contributed by atoms with van der Waals surface area (Å²) in [5, 5.41) is 5.99. The van der Waals surface area contributed by atoms with Crippen LogP contribution < -0.4 is 15.5 Å². The van der Waals surface area contributed by atoms with Gasteiger partial charge in [0.05, 0.1) is 16.6 Å². The summed E-state index contributed by atoms with van der Waals surface area (Å²) in [6, 6.07) is 7.13. The van der Waals surface area contributed by atoms with Crippen LogP contribution in [0.1, 0.15) is 21.5 Å². The molecular formula is C23H21ClF3N5O. The van der Waals surface area contributed by atoms with E-state index in [4.69, 9.17) is 11.6 Å². The summed E-state index contributed by atoms with van der Waals surface area (Å²) < 4.78 is 43.9. The molecule has 1 amide bonds. The van der Waals surface area contributed by atoms with Crippen molar-refractivity contribution in [2.75, 3.05) is 29.9 Å². The molecule has 2 aromatic heterocycles. The first-order valence-corrected chi connectivity index (χ1v) is 10.7. The molecule has 0 unspecified atom stereocenters. The van der Waals surface area contributed by atoms with E-state index in [1.807, 2.05) is 0 Å². The van der Waals surface area contributed by atoms with Gasteiger partial charge in [0.2, 0.25) is 0 Å². The second kappa shape index (κ2) is 9.76. The predicted molar refractivity (Wildman–Crippen MR) is 120 cm³/mol. The van der Waals surface area contributed by atoms with E-state index in [9.17, 15) is 18.0 Å². The van der Waals surface area contributed by atoms with Gasteiger partial charge in [-0.05, 0) is 37.1 Å². The summed E-state index contributed by atoms with van der Waals surface area (Å²) in [6.45, 7) is 2.72. The number of hydrogen-bond acceptors (Lipinski definition) is 5. The second-order valence-electron chi connectivity index (χ2n) is 7.69. The lowest BCUT2D eigenvalue weighted by molar-refractivity contribution is 0.0984. The van der Waals surface area contributed by atoms with Crippen LogP contribution in [0.3, 0.4) is 0 Å². The van der Waals surface area contributed by atoms with Gasteiger partial charge in [-0.3, -0.25) is 9.69 Å². The van der Waals surface area contributed by atoms with E-state index in [-0.39, 0.29) is 52.4 Å². The molecule has 2 N–H and O–H groups in total. The molecular weight excluding hydrogens is 455 g/mol. The molecule has 1 aromatic carbocycles. The molecule has 1 saturated heterocycles. The smallest absolute Gasteiger partial charge is 0.261 e. The lowest BCUT2D eigenvalue weighted by Crippen LogP contribution is -2.51. The van der Waals surface area contributed by atoms with Crippen LogP contribution in [0.2, 0.25) is 5.02 Å². The van der Waals surface area contributed by atoms with Gasteiger partial charge in [-0.15, -0.1) is 0 Å². The number of carbonyl (C=O) groups is 1. The maximum absolute atomic E-state index is 15.0. The quantitative estimate of drug-likeness (QED) is 0.538. The SMILES string of the molecule is Cc1c(C(=O)N(CCc2cccc(Cl)c2F)c2ncccc2F)cnc(NC2CNC2)c1F. The first-order chi connectivity index (χ1) is 15.9. The molecule has 0 spiro atoms. The Labute approximate surface area is 193 Å². The minimum absolute atomic E-state index is 0.0391. The van der Waals surface area contributed by atoms with E-state index in [1.54, 1.807) is 6.07 Å². The summed E-state index contributed by atoms with van der Waals surface area (Å²) in [5.74, 6) is -2.90. The fraction of sp³-hybridized carbons (Fsp3) is 0.261. The van der Waals surface area contributed by atoms with E-state index in [1.165, 1.54) is 37.5 Å². The zero-order valence-corrected chi connectivity index (χ0v) is 18.5. The van der Waals surface area contributed by atoms with Crippen LogP contribution >= 0.6 is 11.6 Å². The molecule has 33 heavy (non-hydrogen) atoms. The molecule has 1 fully saturated rings. The molecule has 4 rings (SSSR count). The van der Waals surface area contributed by atoms with Crippen molar-refractivity contribution in [2.24, 2.45) is 0 Å². The van der Waals surface area contributed by atoms with Crippen molar-refractivity contribution in [1.82, 2.24) is 15.3 Å². The Balaban J connectivity index is 1.65. The molecule has 6 nitrogen and oxygen atoms in total. The third-order valence-corrected chi connectivity index (χ3v) is 5.78. The molecule has 0 saturated carbocycles. The van der Waals surface area contributed by atoms with Crippen LogP contribution in [0.4, 0.5) is 24.8 Å². The van der Waals surface area contributed by atoms with Gasteiger partial charge in [0.25, 0.3) is 5.91 Å². The molecule has 0 radical (unpaired) electrons. The van der Waals surface area contributed by atoms with E-state index < -0.39 is 23.4 Å². The molecule has 3 heterocycles. The lowest BCUT2D eigenvalue weighted by atomic mass is 10.1. The van der Waals surface area contributed by atoms with E-state index in [0.29, 0.717) is 13.1 Å². The number of amides is 1. The largest absolute Gasteiger partial charge is 0.362 e. The van der Waals surface area contributed by atoms with Gasteiger partial charge in [-0.25, -0.2) is 23.1 Å². The normalized spacial score (nSPS) is 13.5. The summed E-state index contributed by atoms with van der Waals surface area (Å²) >= 11 is 5.85. The van der Waals surface area contributed by atoms with Gasteiger partial charge in [0.15, 0.2) is 23.3 Å². The molecule has 0 atom stereocenters. The van der Waals surface area contributed by atoms with E-state index in [2.05, 4.69) is 20.6 Å². The second-order valence-corrected chi connectivity index (χ2v) is 8.09. The van der Waals surface area contributed by atoms with Crippen LogP contribution in [0.25, 0.3) is 0 Å². The maximum atomic E-state index is 15.0. The highest BCUT2D eigenvalue weighted by Crippen LogP contribution is 2.25. The highest BCUT2D eigenvalue weighted by atomic mass is 35.5. The van der Waals surface area contributed by atoms with Crippen molar-refractivity contribution in [3.63, 3.8) is 0 Å². The van der Waals surface area contributed by atoms with Crippen molar-refractivity contribution in [3.05, 3.63) is 81.9 Å². The lowest BCUT2D eigenvalue weighted by Gasteiger charge is -2.29. The molecule has 3 aromatic rings. The Kier molecular flexibility index (Phi) is 6.80. The Morgan fingerprint density at radius 2 is 1.97 bits per heavy atom. The summed E-state index contributed by atoms with van der Waals surface area (Å²) in [5.41, 5.74) is 0.285. The van der Waals surface area contributed by atoms with Crippen molar-refractivity contribution < 1.29 is 18.0 Å². The van der Waals surface area contributed by atoms with Crippen LogP contribution in [0, 0.1) is 24.4 Å². The number of pyridine rings is 2. The molecule has 0 bridgehead atoms. The molecule has 0 aliphatic carbocycles. The van der Waals surface area contributed by atoms with E-state index in [0.717, 1.165) is 11.0 Å². The van der Waals surface area contributed by atoms with Gasteiger partial charge < -0.3 is 10.6 Å². The molecule has 1 aliphatic rings. The number of nitrogens with zero attached hydrogens (tertiary/aromatic N) is 3. The third kappa shape index (κ3) is 4.79. The molecule has 1 aliphatic heterocycles. The standard InChI is InChI=1S/C23H21ClF3N5O/c1-13-16(12-30-21(19(13)26)31-15-10-28-11-15)23(33)32(22-18(25)6-3-8-29-22)9-7-14-4-2-5-17(24)20(14)27/h2-6,8,12,15,28H,7,9-11H2,1H3,(H,30,31). The van der Waals surface area contributed by atoms with Crippen molar-refractivity contribution >= 4 is 29.1 Å². The Morgan fingerprint density at radius 3 is 2.67 bits per heavy atom. The summed E-state index contributed by atoms with van der Waals surface area (Å²) in [6.07, 6.45) is 2.63. The number of carbonyl (C=O) groups excluding carboxylic acids is 1.